The van der Waals surface area contributed by atoms with Crippen molar-refractivity contribution in [2.75, 3.05) is 19.8 Å². The molecule has 0 aliphatic heterocycles. The molecule has 0 radical (unpaired) electrons. The van der Waals surface area contributed by atoms with Crippen LogP contribution in [-0.4, -0.2) is 36.1 Å². The van der Waals surface area contributed by atoms with E-state index in [0.717, 1.165) is 19.4 Å². The molecular formula is C10H22O3. The molecule has 0 bridgehead atoms. The van der Waals surface area contributed by atoms with Gasteiger partial charge in [-0.05, 0) is 25.7 Å². The Morgan fingerprint density at radius 3 is 2.54 bits per heavy atom. The molecule has 3 nitrogen and oxygen atoms in total. The van der Waals surface area contributed by atoms with Gasteiger partial charge in [0.25, 0.3) is 0 Å². The van der Waals surface area contributed by atoms with Crippen LogP contribution in [0.15, 0.2) is 0 Å². The Hall–Kier alpha value is -0.120. The summed E-state index contributed by atoms with van der Waals surface area (Å²) >= 11 is 0. The van der Waals surface area contributed by atoms with E-state index in [0.29, 0.717) is 25.9 Å². The third-order valence-corrected chi connectivity index (χ3v) is 1.93. The number of rotatable bonds is 9. The van der Waals surface area contributed by atoms with Crippen LogP contribution in [0.1, 0.15) is 39.0 Å². The largest absolute Gasteiger partial charge is 0.396 e. The molecule has 0 aromatic heterocycles. The highest BCUT2D eigenvalue weighted by molar-refractivity contribution is 4.54. The van der Waals surface area contributed by atoms with Crippen molar-refractivity contribution >= 4 is 0 Å². The number of unbranched alkanes of at least 4 members (excludes halogenated alkanes) is 1. The van der Waals surface area contributed by atoms with E-state index in [1.807, 2.05) is 0 Å². The molecule has 1 unspecified atom stereocenters. The van der Waals surface area contributed by atoms with Crippen LogP contribution in [0.4, 0.5) is 0 Å². The van der Waals surface area contributed by atoms with Gasteiger partial charge in [0.15, 0.2) is 0 Å². The lowest BCUT2D eigenvalue weighted by Crippen LogP contribution is -2.11. The molecule has 13 heavy (non-hydrogen) atoms. The summed E-state index contributed by atoms with van der Waals surface area (Å²) in [6, 6.07) is 0. The van der Waals surface area contributed by atoms with Crippen LogP contribution < -0.4 is 0 Å². The Balaban J connectivity index is 3.03. The second kappa shape index (κ2) is 9.96. The maximum Gasteiger partial charge on any atom is 0.0563 e. The predicted octanol–water partition coefficient (Wildman–Crippen LogP) is 1.33. The minimum Gasteiger partial charge on any atom is -0.396 e. The van der Waals surface area contributed by atoms with E-state index in [2.05, 4.69) is 6.92 Å². The second-order valence-electron chi connectivity index (χ2n) is 3.27. The molecule has 3 heteroatoms. The highest BCUT2D eigenvalue weighted by atomic mass is 16.5. The Labute approximate surface area is 80.7 Å². The standard InChI is InChI=1S/C10H22O3/c1-2-3-8-13-9-6-10(12)5-4-7-11/h10-12H,2-9H2,1H3. The van der Waals surface area contributed by atoms with Gasteiger partial charge in [-0.2, -0.15) is 0 Å². The molecule has 0 saturated heterocycles. The zero-order valence-corrected chi connectivity index (χ0v) is 8.54. The van der Waals surface area contributed by atoms with E-state index in [1.54, 1.807) is 0 Å². The minimum absolute atomic E-state index is 0.160. The van der Waals surface area contributed by atoms with Crippen molar-refractivity contribution < 1.29 is 14.9 Å². The highest BCUT2D eigenvalue weighted by Crippen LogP contribution is 2.01. The summed E-state index contributed by atoms with van der Waals surface area (Å²) in [5.74, 6) is 0. The highest BCUT2D eigenvalue weighted by Gasteiger charge is 2.02. The predicted molar refractivity (Wildman–Crippen MR) is 52.7 cm³/mol. The van der Waals surface area contributed by atoms with E-state index in [4.69, 9.17) is 9.84 Å². The van der Waals surface area contributed by atoms with Crippen molar-refractivity contribution in [3.8, 4) is 0 Å². The number of aliphatic hydroxyl groups is 2. The first kappa shape index (κ1) is 12.9. The fraction of sp³-hybridized carbons (Fsp3) is 1.00. The summed E-state index contributed by atoms with van der Waals surface area (Å²) in [5, 5.41) is 17.9. The van der Waals surface area contributed by atoms with E-state index < -0.39 is 0 Å². The first-order valence-corrected chi connectivity index (χ1v) is 5.18. The number of aliphatic hydroxyl groups excluding tert-OH is 2. The van der Waals surface area contributed by atoms with Crippen LogP contribution in [0, 0.1) is 0 Å². The van der Waals surface area contributed by atoms with E-state index in [9.17, 15) is 5.11 Å². The molecule has 0 aliphatic rings. The van der Waals surface area contributed by atoms with Gasteiger partial charge >= 0.3 is 0 Å². The lowest BCUT2D eigenvalue weighted by molar-refractivity contribution is 0.0731. The zero-order valence-electron chi connectivity index (χ0n) is 8.54. The fourth-order valence-corrected chi connectivity index (χ4v) is 1.04. The molecule has 2 N–H and O–H groups in total. The van der Waals surface area contributed by atoms with Crippen molar-refractivity contribution in [1.82, 2.24) is 0 Å². The summed E-state index contributed by atoms with van der Waals surface area (Å²) in [6.45, 7) is 3.71. The summed E-state index contributed by atoms with van der Waals surface area (Å²) < 4.78 is 5.30. The van der Waals surface area contributed by atoms with Crippen molar-refractivity contribution in [1.29, 1.82) is 0 Å². The summed E-state index contributed by atoms with van der Waals surface area (Å²) in [7, 11) is 0. The Kier molecular flexibility index (Phi) is 9.87. The lowest BCUT2D eigenvalue weighted by Gasteiger charge is -2.09. The smallest absolute Gasteiger partial charge is 0.0563 e. The average molecular weight is 190 g/mol. The molecule has 80 valence electrons. The molecule has 0 spiro atoms. The van der Waals surface area contributed by atoms with Crippen LogP contribution in [0.5, 0.6) is 0 Å². The van der Waals surface area contributed by atoms with E-state index in [-0.39, 0.29) is 12.7 Å². The summed E-state index contributed by atoms with van der Waals surface area (Å²) in [6.07, 6.45) is 3.96. The van der Waals surface area contributed by atoms with Crippen LogP contribution in [-0.2, 0) is 4.74 Å². The van der Waals surface area contributed by atoms with Crippen molar-refractivity contribution in [3.05, 3.63) is 0 Å². The van der Waals surface area contributed by atoms with Crippen molar-refractivity contribution in [2.24, 2.45) is 0 Å². The Morgan fingerprint density at radius 2 is 1.92 bits per heavy atom. The van der Waals surface area contributed by atoms with Crippen molar-refractivity contribution in [2.45, 2.75) is 45.1 Å². The Morgan fingerprint density at radius 1 is 1.15 bits per heavy atom. The van der Waals surface area contributed by atoms with Crippen molar-refractivity contribution in [3.63, 3.8) is 0 Å². The molecular weight excluding hydrogens is 168 g/mol. The van der Waals surface area contributed by atoms with Gasteiger partial charge in [-0.3, -0.25) is 0 Å². The maximum atomic E-state index is 9.35. The van der Waals surface area contributed by atoms with Gasteiger partial charge in [0, 0.05) is 19.8 Å². The molecule has 0 aromatic rings. The normalized spacial score (nSPS) is 13.2. The SMILES string of the molecule is CCCCOCCC(O)CCCO. The first-order valence-electron chi connectivity index (χ1n) is 5.18. The van der Waals surface area contributed by atoms with E-state index >= 15 is 0 Å². The molecule has 0 amide bonds. The molecule has 1 atom stereocenters. The topological polar surface area (TPSA) is 49.7 Å². The third-order valence-electron chi connectivity index (χ3n) is 1.93. The number of ether oxygens (including phenoxy) is 1. The van der Waals surface area contributed by atoms with Gasteiger partial charge < -0.3 is 14.9 Å². The molecule has 0 fully saturated rings. The lowest BCUT2D eigenvalue weighted by atomic mass is 10.1. The van der Waals surface area contributed by atoms with Gasteiger partial charge in [0.05, 0.1) is 6.10 Å². The molecule has 0 rings (SSSR count). The maximum absolute atomic E-state index is 9.35. The van der Waals surface area contributed by atoms with Gasteiger partial charge in [-0.25, -0.2) is 0 Å². The zero-order chi connectivity index (χ0) is 9.94. The third kappa shape index (κ3) is 9.80. The van der Waals surface area contributed by atoms with Gasteiger partial charge in [0.1, 0.15) is 0 Å². The number of hydrogen-bond donors (Lipinski definition) is 2. The van der Waals surface area contributed by atoms with Gasteiger partial charge in [-0.15, -0.1) is 0 Å². The van der Waals surface area contributed by atoms with E-state index in [1.165, 1.54) is 0 Å². The van der Waals surface area contributed by atoms with Crippen LogP contribution in [0.2, 0.25) is 0 Å². The second-order valence-corrected chi connectivity index (χ2v) is 3.27. The average Bonchev–Trinajstić information content (AvgIpc) is 2.14. The van der Waals surface area contributed by atoms with Crippen LogP contribution in [0.3, 0.4) is 0 Å². The van der Waals surface area contributed by atoms with Crippen LogP contribution >= 0.6 is 0 Å². The molecule has 0 heterocycles. The summed E-state index contributed by atoms with van der Waals surface area (Å²) in [4.78, 5) is 0. The molecule has 0 aromatic carbocycles. The monoisotopic (exact) mass is 190 g/mol. The molecule has 0 aliphatic carbocycles. The van der Waals surface area contributed by atoms with Crippen LogP contribution in [0.25, 0.3) is 0 Å². The minimum atomic E-state index is -0.311. The molecule has 0 saturated carbocycles. The fourth-order valence-electron chi connectivity index (χ4n) is 1.04. The van der Waals surface area contributed by atoms with Gasteiger partial charge in [0.2, 0.25) is 0 Å². The van der Waals surface area contributed by atoms with Gasteiger partial charge in [-0.1, -0.05) is 13.3 Å². The summed E-state index contributed by atoms with van der Waals surface area (Å²) in [5.41, 5.74) is 0. The number of hydrogen-bond acceptors (Lipinski definition) is 3. The Bertz CT molecular complexity index is 96.2. The first-order chi connectivity index (χ1) is 6.31. The quantitative estimate of drug-likeness (QED) is 0.539.